The molecule has 8 heteroatoms. The minimum Gasteiger partial charge on any atom is -0.379 e. The van der Waals surface area contributed by atoms with Gasteiger partial charge in [0.15, 0.2) is 15.8 Å². The van der Waals surface area contributed by atoms with Crippen LogP contribution in [0, 0.1) is 0 Å². The first-order valence-corrected chi connectivity index (χ1v) is 11.0. The standard InChI is InChI=1S/C17H34N4O3S/c1-5-18-16(19-7-13-25(22,23)17(2,3)4)21-8-6-15(14-21)20-9-11-24-12-10-20/h15H,5-14H2,1-4H3,(H,18,19). The molecule has 0 aromatic carbocycles. The van der Waals surface area contributed by atoms with Crippen molar-refractivity contribution in [2.75, 3.05) is 58.2 Å². The van der Waals surface area contributed by atoms with E-state index in [0.717, 1.165) is 58.3 Å². The van der Waals surface area contributed by atoms with E-state index in [0.29, 0.717) is 12.6 Å². The Bertz CT molecular complexity index is 551. The van der Waals surface area contributed by atoms with Crippen LogP contribution in [0.2, 0.25) is 0 Å². The quantitative estimate of drug-likeness (QED) is 0.560. The Morgan fingerprint density at radius 2 is 1.92 bits per heavy atom. The van der Waals surface area contributed by atoms with E-state index in [2.05, 4.69) is 20.1 Å². The van der Waals surface area contributed by atoms with E-state index in [9.17, 15) is 8.42 Å². The zero-order valence-corrected chi connectivity index (χ0v) is 16.9. The minimum atomic E-state index is -3.14. The summed E-state index contributed by atoms with van der Waals surface area (Å²) in [5, 5.41) is 3.31. The molecule has 7 nitrogen and oxygen atoms in total. The first-order chi connectivity index (χ1) is 11.7. The molecule has 2 saturated heterocycles. The molecule has 2 aliphatic rings. The first kappa shape index (κ1) is 20.5. The monoisotopic (exact) mass is 374 g/mol. The topological polar surface area (TPSA) is 74.2 Å². The van der Waals surface area contributed by atoms with Crippen LogP contribution in [0.25, 0.3) is 0 Å². The van der Waals surface area contributed by atoms with Crippen LogP contribution in [-0.2, 0) is 14.6 Å². The van der Waals surface area contributed by atoms with Crippen molar-refractivity contribution in [2.45, 2.75) is 44.9 Å². The highest BCUT2D eigenvalue weighted by Crippen LogP contribution is 2.18. The van der Waals surface area contributed by atoms with E-state index >= 15 is 0 Å². The highest BCUT2D eigenvalue weighted by molar-refractivity contribution is 7.92. The van der Waals surface area contributed by atoms with E-state index in [1.165, 1.54) is 0 Å². The number of likely N-dealkylation sites (tertiary alicyclic amines) is 1. The number of guanidine groups is 1. The predicted molar refractivity (Wildman–Crippen MR) is 102 cm³/mol. The highest BCUT2D eigenvalue weighted by atomic mass is 32.2. The normalized spacial score (nSPS) is 23.9. The average Bonchev–Trinajstić information content (AvgIpc) is 3.03. The molecule has 2 rings (SSSR count). The summed E-state index contributed by atoms with van der Waals surface area (Å²) in [7, 11) is -3.14. The van der Waals surface area contributed by atoms with Gasteiger partial charge in [0.1, 0.15) is 0 Å². The van der Waals surface area contributed by atoms with E-state index < -0.39 is 14.6 Å². The molecule has 25 heavy (non-hydrogen) atoms. The van der Waals surface area contributed by atoms with Gasteiger partial charge in [-0.25, -0.2) is 8.42 Å². The molecule has 0 aliphatic carbocycles. The largest absolute Gasteiger partial charge is 0.379 e. The molecule has 0 spiro atoms. The molecule has 2 aliphatic heterocycles. The molecule has 0 bridgehead atoms. The molecule has 0 aromatic rings. The van der Waals surface area contributed by atoms with Gasteiger partial charge in [0.05, 0.1) is 30.3 Å². The molecule has 1 atom stereocenters. The van der Waals surface area contributed by atoms with Gasteiger partial charge < -0.3 is 15.0 Å². The van der Waals surface area contributed by atoms with Crippen LogP contribution >= 0.6 is 0 Å². The third-order valence-electron chi connectivity index (χ3n) is 4.91. The maximum absolute atomic E-state index is 12.2. The van der Waals surface area contributed by atoms with Crippen LogP contribution in [0.4, 0.5) is 0 Å². The van der Waals surface area contributed by atoms with Gasteiger partial charge in [0, 0.05) is 38.8 Å². The average molecular weight is 375 g/mol. The molecule has 2 fully saturated rings. The van der Waals surface area contributed by atoms with E-state index in [1.54, 1.807) is 20.8 Å². The lowest BCUT2D eigenvalue weighted by Crippen LogP contribution is -2.46. The van der Waals surface area contributed by atoms with Crippen molar-refractivity contribution in [3.63, 3.8) is 0 Å². The van der Waals surface area contributed by atoms with Gasteiger partial charge in [-0.2, -0.15) is 0 Å². The van der Waals surface area contributed by atoms with Crippen molar-refractivity contribution < 1.29 is 13.2 Å². The Morgan fingerprint density at radius 3 is 2.52 bits per heavy atom. The minimum absolute atomic E-state index is 0.0894. The maximum Gasteiger partial charge on any atom is 0.193 e. The third-order valence-corrected chi connectivity index (χ3v) is 7.50. The highest BCUT2D eigenvalue weighted by Gasteiger charge is 2.31. The molecule has 0 amide bonds. The molecule has 2 heterocycles. The Kier molecular flexibility index (Phi) is 7.10. The molecule has 1 unspecified atom stereocenters. The fourth-order valence-electron chi connectivity index (χ4n) is 3.18. The van der Waals surface area contributed by atoms with Gasteiger partial charge in [-0.1, -0.05) is 0 Å². The zero-order valence-electron chi connectivity index (χ0n) is 16.1. The second-order valence-corrected chi connectivity index (χ2v) is 10.6. The van der Waals surface area contributed by atoms with Gasteiger partial charge in [-0.3, -0.25) is 9.89 Å². The van der Waals surface area contributed by atoms with Crippen LogP contribution in [0.3, 0.4) is 0 Å². The van der Waals surface area contributed by atoms with Crippen LogP contribution in [0.1, 0.15) is 34.1 Å². The Morgan fingerprint density at radius 1 is 1.24 bits per heavy atom. The fraction of sp³-hybridized carbons (Fsp3) is 0.941. The number of rotatable bonds is 5. The molecule has 0 radical (unpaired) electrons. The molecule has 146 valence electrons. The Hall–Kier alpha value is -0.860. The number of nitrogens with zero attached hydrogens (tertiary/aromatic N) is 3. The summed E-state index contributed by atoms with van der Waals surface area (Å²) >= 11 is 0. The molecular weight excluding hydrogens is 340 g/mol. The van der Waals surface area contributed by atoms with Crippen LogP contribution in [0.5, 0.6) is 0 Å². The van der Waals surface area contributed by atoms with Gasteiger partial charge in [-0.05, 0) is 34.1 Å². The second kappa shape index (κ2) is 8.68. The lowest BCUT2D eigenvalue weighted by molar-refractivity contribution is 0.0195. The lowest BCUT2D eigenvalue weighted by atomic mass is 10.2. The number of morpholine rings is 1. The fourth-order valence-corrected chi connectivity index (χ4v) is 4.12. The van der Waals surface area contributed by atoms with Gasteiger partial charge in [0.2, 0.25) is 0 Å². The summed E-state index contributed by atoms with van der Waals surface area (Å²) in [6.45, 7) is 13.9. The van der Waals surface area contributed by atoms with Gasteiger partial charge in [-0.15, -0.1) is 0 Å². The van der Waals surface area contributed by atoms with Crippen molar-refractivity contribution in [1.82, 2.24) is 15.1 Å². The Labute approximate surface area is 152 Å². The summed E-state index contributed by atoms with van der Waals surface area (Å²) in [5.74, 6) is 0.925. The number of aliphatic imine (C=N–C) groups is 1. The number of hydrogen-bond acceptors (Lipinski definition) is 5. The van der Waals surface area contributed by atoms with Crippen LogP contribution < -0.4 is 5.32 Å². The summed E-state index contributed by atoms with van der Waals surface area (Å²) in [6.07, 6.45) is 1.12. The number of hydrogen-bond donors (Lipinski definition) is 1. The van der Waals surface area contributed by atoms with E-state index in [4.69, 9.17) is 4.74 Å². The summed E-state index contributed by atoms with van der Waals surface area (Å²) in [4.78, 5) is 9.34. The maximum atomic E-state index is 12.2. The summed E-state index contributed by atoms with van der Waals surface area (Å²) < 4.78 is 29.2. The van der Waals surface area contributed by atoms with E-state index in [-0.39, 0.29) is 5.75 Å². The number of sulfone groups is 1. The van der Waals surface area contributed by atoms with Crippen molar-refractivity contribution in [3.8, 4) is 0 Å². The van der Waals surface area contributed by atoms with Gasteiger partial charge >= 0.3 is 0 Å². The van der Waals surface area contributed by atoms with Crippen molar-refractivity contribution in [1.29, 1.82) is 0 Å². The molecule has 0 saturated carbocycles. The first-order valence-electron chi connectivity index (χ1n) is 9.32. The second-order valence-electron chi connectivity index (χ2n) is 7.70. The number of ether oxygens (including phenoxy) is 1. The molecule has 0 aromatic heterocycles. The number of nitrogens with one attached hydrogen (secondary N) is 1. The van der Waals surface area contributed by atoms with Crippen molar-refractivity contribution in [2.24, 2.45) is 4.99 Å². The van der Waals surface area contributed by atoms with Crippen molar-refractivity contribution >= 4 is 15.8 Å². The zero-order chi connectivity index (χ0) is 18.5. The SMILES string of the molecule is CCNC(=NCCS(=O)(=O)C(C)(C)C)N1CCC(N2CCOCC2)C1. The van der Waals surface area contributed by atoms with Crippen LogP contribution in [-0.4, -0.2) is 93.2 Å². The molecule has 1 N–H and O–H groups in total. The Balaban J connectivity index is 1.93. The smallest absolute Gasteiger partial charge is 0.193 e. The summed E-state index contributed by atoms with van der Waals surface area (Å²) in [6, 6.07) is 0.533. The third kappa shape index (κ3) is 5.56. The van der Waals surface area contributed by atoms with Gasteiger partial charge in [0.25, 0.3) is 0 Å². The predicted octanol–water partition coefficient (Wildman–Crippen LogP) is 0.572. The summed E-state index contributed by atoms with van der Waals surface area (Å²) in [5.41, 5.74) is 0. The van der Waals surface area contributed by atoms with E-state index in [1.807, 2.05) is 6.92 Å². The lowest BCUT2D eigenvalue weighted by Gasteiger charge is -2.32. The molecular formula is C17H34N4O3S. The van der Waals surface area contributed by atoms with Crippen molar-refractivity contribution in [3.05, 3.63) is 0 Å². The van der Waals surface area contributed by atoms with Crippen LogP contribution in [0.15, 0.2) is 4.99 Å².